The van der Waals surface area contributed by atoms with E-state index in [1.165, 1.54) is 0 Å². The molecule has 5 nitrogen and oxygen atoms in total. The van der Waals surface area contributed by atoms with E-state index in [9.17, 15) is 4.79 Å². The molecule has 0 fully saturated rings. The Morgan fingerprint density at radius 2 is 1.83 bits per heavy atom. The van der Waals surface area contributed by atoms with E-state index < -0.39 is 0 Å². The molecule has 118 valence electrons. The van der Waals surface area contributed by atoms with Crippen LogP contribution in [0.25, 0.3) is 0 Å². The van der Waals surface area contributed by atoms with E-state index >= 15 is 0 Å². The van der Waals surface area contributed by atoms with Gasteiger partial charge in [0.15, 0.2) is 0 Å². The first-order chi connectivity index (χ1) is 11.1. The summed E-state index contributed by atoms with van der Waals surface area (Å²) in [6, 6.07) is 17.1. The molecule has 0 radical (unpaired) electrons. The van der Waals surface area contributed by atoms with Gasteiger partial charge in [-0.05, 0) is 24.3 Å². The number of anilines is 1. The molecule has 0 bridgehead atoms. The molecule has 5 heteroatoms. The van der Waals surface area contributed by atoms with Crippen molar-refractivity contribution in [1.82, 2.24) is 10.9 Å². The number of hydrazine groups is 1. The number of para-hydroxylation sites is 2. The molecule has 3 rings (SSSR count). The van der Waals surface area contributed by atoms with Gasteiger partial charge < -0.3 is 4.90 Å². The predicted octanol–water partition coefficient (Wildman–Crippen LogP) is 2.74. The van der Waals surface area contributed by atoms with E-state index in [1.54, 1.807) is 12.1 Å². The third-order valence-electron chi connectivity index (χ3n) is 3.89. The second-order valence-corrected chi connectivity index (χ2v) is 5.71. The Labute approximate surface area is 136 Å². The molecule has 0 spiro atoms. The van der Waals surface area contributed by atoms with Crippen LogP contribution in [-0.4, -0.2) is 25.3 Å². The number of carbonyl (C=O) groups excluding carboxylic acids is 1. The highest BCUT2D eigenvalue weighted by molar-refractivity contribution is 5.97. The molecule has 1 unspecified atom stereocenters. The van der Waals surface area contributed by atoms with Crippen LogP contribution < -0.4 is 15.8 Å². The smallest absolute Gasteiger partial charge is 0.269 e. The number of benzene rings is 2. The van der Waals surface area contributed by atoms with Crippen LogP contribution in [0, 0.1) is 5.92 Å². The van der Waals surface area contributed by atoms with Gasteiger partial charge >= 0.3 is 0 Å². The number of rotatable bonds is 1. The minimum atomic E-state index is -0.175. The lowest BCUT2D eigenvalue weighted by atomic mass is 10.1. The molecular weight excluding hydrogens is 288 g/mol. The topological polar surface area (TPSA) is 56.7 Å². The van der Waals surface area contributed by atoms with Crippen LogP contribution in [0.3, 0.4) is 0 Å². The van der Waals surface area contributed by atoms with E-state index in [0.717, 1.165) is 23.8 Å². The highest BCUT2D eigenvalue weighted by Gasteiger charge is 2.20. The zero-order valence-corrected chi connectivity index (χ0v) is 13.3. The number of fused-ring (bicyclic) bond motifs is 1. The predicted molar refractivity (Wildman–Crippen MR) is 93.0 cm³/mol. The number of amides is 1. The molecule has 1 heterocycles. The summed E-state index contributed by atoms with van der Waals surface area (Å²) in [5.74, 6) is 0.751. The molecule has 1 aliphatic rings. The Balaban J connectivity index is 1.77. The molecule has 1 atom stereocenters. The molecule has 1 aliphatic heterocycles. The Hall–Kier alpha value is -2.82. The second-order valence-electron chi connectivity index (χ2n) is 5.71. The van der Waals surface area contributed by atoms with Crippen LogP contribution in [0.2, 0.25) is 0 Å². The van der Waals surface area contributed by atoms with Crippen molar-refractivity contribution in [2.24, 2.45) is 10.9 Å². The van der Waals surface area contributed by atoms with Crippen LogP contribution >= 0.6 is 0 Å². The summed E-state index contributed by atoms with van der Waals surface area (Å²) in [5.41, 5.74) is 8.33. The summed E-state index contributed by atoms with van der Waals surface area (Å²) in [6.45, 7) is 2.91. The normalized spacial score (nSPS) is 16.9. The third kappa shape index (κ3) is 3.34. The summed E-state index contributed by atoms with van der Waals surface area (Å²) in [6.07, 6.45) is 0. The molecule has 2 aromatic rings. The molecule has 0 aromatic heterocycles. The number of carbonyl (C=O) groups is 1. The second kappa shape index (κ2) is 6.52. The van der Waals surface area contributed by atoms with Crippen LogP contribution in [0.4, 0.5) is 11.4 Å². The number of hydrogen-bond donors (Lipinski definition) is 2. The fourth-order valence-electron chi connectivity index (χ4n) is 2.65. The van der Waals surface area contributed by atoms with Crippen LogP contribution in [-0.2, 0) is 0 Å². The molecule has 0 saturated carbocycles. The van der Waals surface area contributed by atoms with Gasteiger partial charge in [0.25, 0.3) is 5.91 Å². The molecule has 2 aromatic carbocycles. The lowest BCUT2D eigenvalue weighted by molar-refractivity contribution is 0.0943. The lowest BCUT2D eigenvalue weighted by Gasteiger charge is -2.21. The molecular formula is C18H20N4O. The molecule has 0 saturated heterocycles. The minimum absolute atomic E-state index is 0.170. The number of hydrogen-bond acceptors (Lipinski definition) is 4. The van der Waals surface area contributed by atoms with Gasteiger partial charge in [-0.3, -0.25) is 15.6 Å². The van der Waals surface area contributed by atoms with E-state index in [2.05, 4.69) is 40.8 Å². The van der Waals surface area contributed by atoms with Gasteiger partial charge in [0.05, 0.1) is 11.4 Å². The van der Waals surface area contributed by atoms with E-state index in [4.69, 9.17) is 0 Å². The monoisotopic (exact) mass is 308 g/mol. The quantitative estimate of drug-likeness (QED) is 0.797. The fraction of sp³-hybridized carbons (Fsp3) is 0.222. The highest BCUT2D eigenvalue weighted by Crippen LogP contribution is 2.30. The summed E-state index contributed by atoms with van der Waals surface area (Å²) < 4.78 is 0. The van der Waals surface area contributed by atoms with E-state index in [1.807, 2.05) is 36.4 Å². The largest absolute Gasteiger partial charge is 0.372 e. The summed E-state index contributed by atoms with van der Waals surface area (Å²) >= 11 is 0. The Bertz CT molecular complexity index is 727. The van der Waals surface area contributed by atoms with E-state index in [0.29, 0.717) is 5.56 Å². The summed E-state index contributed by atoms with van der Waals surface area (Å²) in [5, 5.41) is 0. The van der Waals surface area contributed by atoms with Crippen molar-refractivity contribution >= 4 is 23.1 Å². The van der Waals surface area contributed by atoms with E-state index in [-0.39, 0.29) is 11.8 Å². The molecule has 0 aliphatic carbocycles. The van der Waals surface area contributed by atoms with Crippen LogP contribution in [0.1, 0.15) is 17.3 Å². The Kier molecular flexibility index (Phi) is 4.28. The van der Waals surface area contributed by atoms with Crippen molar-refractivity contribution in [2.75, 3.05) is 18.5 Å². The number of amidine groups is 1. The van der Waals surface area contributed by atoms with Crippen molar-refractivity contribution in [3.8, 4) is 0 Å². The number of nitrogens with zero attached hydrogens (tertiary/aromatic N) is 2. The maximum atomic E-state index is 12.2. The van der Waals surface area contributed by atoms with Gasteiger partial charge in [0, 0.05) is 25.1 Å². The molecule has 23 heavy (non-hydrogen) atoms. The maximum Gasteiger partial charge on any atom is 0.269 e. The van der Waals surface area contributed by atoms with Crippen molar-refractivity contribution < 1.29 is 4.79 Å². The van der Waals surface area contributed by atoms with Gasteiger partial charge in [0.2, 0.25) is 0 Å². The zero-order chi connectivity index (χ0) is 16.2. The molecule has 1 amide bonds. The summed E-state index contributed by atoms with van der Waals surface area (Å²) in [7, 11) is 2.05. The van der Waals surface area contributed by atoms with Crippen molar-refractivity contribution in [3.63, 3.8) is 0 Å². The van der Waals surface area contributed by atoms with Gasteiger partial charge in [-0.25, -0.2) is 4.99 Å². The maximum absolute atomic E-state index is 12.2. The first-order valence-electron chi connectivity index (χ1n) is 7.65. The zero-order valence-electron chi connectivity index (χ0n) is 13.3. The van der Waals surface area contributed by atoms with Crippen molar-refractivity contribution in [3.05, 3.63) is 60.2 Å². The number of aliphatic imine (C=N–C) groups is 1. The highest BCUT2D eigenvalue weighted by atomic mass is 16.2. The standard InChI is InChI=1S/C18H20N4O/c1-13-12-22(2)16-11-7-6-10-15(16)19-17(13)20-21-18(23)14-8-4-3-5-9-14/h3-11,13H,12H2,1-2H3,(H,19,20)(H,21,23). The summed E-state index contributed by atoms with van der Waals surface area (Å²) in [4.78, 5) is 19.0. The average Bonchev–Trinajstić information content (AvgIpc) is 2.70. The van der Waals surface area contributed by atoms with Crippen molar-refractivity contribution in [2.45, 2.75) is 6.92 Å². The van der Waals surface area contributed by atoms with Gasteiger partial charge in [-0.15, -0.1) is 0 Å². The van der Waals surface area contributed by atoms with Gasteiger partial charge in [-0.2, -0.15) is 0 Å². The van der Waals surface area contributed by atoms with Gasteiger partial charge in [0.1, 0.15) is 5.84 Å². The lowest BCUT2D eigenvalue weighted by Crippen LogP contribution is -2.45. The SMILES string of the molecule is CC1CN(C)c2ccccc2N=C1NNC(=O)c1ccccc1. The third-order valence-corrected chi connectivity index (χ3v) is 3.89. The first kappa shape index (κ1) is 15.1. The average molecular weight is 308 g/mol. The Morgan fingerprint density at radius 3 is 2.61 bits per heavy atom. The van der Waals surface area contributed by atoms with Crippen molar-refractivity contribution in [1.29, 1.82) is 0 Å². The Morgan fingerprint density at radius 1 is 1.13 bits per heavy atom. The molecule has 2 N–H and O–H groups in total. The minimum Gasteiger partial charge on any atom is -0.372 e. The fourth-order valence-corrected chi connectivity index (χ4v) is 2.65. The van der Waals surface area contributed by atoms with Gasteiger partial charge in [-0.1, -0.05) is 37.3 Å². The van der Waals surface area contributed by atoms with Crippen LogP contribution in [0.15, 0.2) is 59.6 Å². The first-order valence-corrected chi connectivity index (χ1v) is 7.65. The van der Waals surface area contributed by atoms with Crippen LogP contribution in [0.5, 0.6) is 0 Å². The number of nitrogens with one attached hydrogen (secondary N) is 2.